The number of hydrogen-bond donors (Lipinski definition) is 1. The minimum atomic E-state index is -0.527. The van der Waals surface area contributed by atoms with Crippen molar-refractivity contribution in [2.75, 3.05) is 12.8 Å². The van der Waals surface area contributed by atoms with E-state index in [1.54, 1.807) is 0 Å². The summed E-state index contributed by atoms with van der Waals surface area (Å²) in [6.07, 6.45) is 1.37. The molecule has 1 aromatic heterocycles. The molecule has 1 saturated heterocycles. The van der Waals surface area contributed by atoms with Gasteiger partial charge in [-0.1, -0.05) is 24.3 Å². The van der Waals surface area contributed by atoms with Gasteiger partial charge in [0.25, 0.3) is 0 Å². The first-order chi connectivity index (χ1) is 12.1. The van der Waals surface area contributed by atoms with Crippen molar-refractivity contribution in [3.05, 3.63) is 36.0 Å². The van der Waals surface area contributed by atoms with Gasteiger partial charge < -0.3 is 19.8 Å². The Bertz CT molecular complexity index is 838. The summed E-state index contributed by atoms with van der Waals surface area (Å²) in [7, 11) is 0.796. The lowest BCUT2D eigenvalue weighted by Crippen LogP contribution is -2.41. The van der Waals surface area contributed by atoms with Gasteiger partial charge in [0.1, 0.15) is 5.56 Å². The summed E-state index contributed by atoms with van der Waals surface area (Å²) < 4.78 is 17.0. The number of aromatic nitrogens is 2. The molecular formula is C18H22BN3O4. The van der Waals surface area contributed by atoms with Gasteiger partial charge in [-0.2, -0.15) is 0 Å². The molecular weight excluding hydrogens is 333 g/mol. The average molecular weight is 355 g/mol. The molecule has 0 spiro atoms. The molecule has 1 fully saturated rings. The van der Waals surface area contributed by atoms with Crippen LogP contribution in [0.15, 0.2) is 30.5 Å². The van der Waals surface area contributed by atoms with Crippen molar-refractivity contribution in [1.29, 1.82) is 0 Å². The average Bonchev–Trinajstić information content (AvgIpc) is 2.82. The van der Waals surface area contributed by atoms with Crippen molar-refractivity contribution in [3.63, 3.8) is 0 Å². The van der Waals surface area contributed by atoms with E-state index in [9.17, 15) is 4.79 Å². The highest BCUT2D eigenvalue weighted by Crippen LogP contribution is 2.36. The van der Waals surface area contributed by atoms with Gasteiger partial charge >= 0.3 is 13.1 Å². The Morgan fingerprint density at radius 1 is 1.19 bits per heavy atom. The summed E-state index contributed by atoms with van der Waals surface area (Å²) in [5, 5.41) is 0. The van der Waals surface area contributed by atoms with Crippen molar-refractivity contribution in [2.24, 2.45) is 0 Å². The van der Waals surface area contributed by atoms with Crippen molar-refractivity contribution >= 4 is 24.5 Å². The Morgan fingerprint density at radius 2 is 1.85 bits per heavy atom. The monoisotopic (exact) mass is 355 g/mol. The van der Waals surface area contributed by atoms with Gasteiger partial charge in [-0.3, -0.25) is 0 Å². The lowest BCUT2D eigenvalue weighted by atomic mass is 9.78. The fourth-order valence-electron chi connectivity index (χ4n) is 2.69. The minimum absolute atomic E-state index is 0.0775. The molecule has 7 nitrogen and oxygen atoms in total. The molecule has 2 aromatic rings. The fraction of sp³-hybridized carbons (Fsp3) is 0.389. The Morgan fingerprint density at radius 3 is 2.46 bits per heavy atom. The van der Waals surface area contributed by atoms with Gasteiger partial charge in [0.05, 0.1) is 24.0 Å². The number of nitrogen functional groups attached to an aromatic ring is 1. The van der Waals surface area contributed by atoms with E-state index in [4.69, 9.17) is 19.8 Å². The van der Waals surface area contributed by atoms with E-state index in [0.717, 1.165) is 5.46 Å². The molecule has 8 heteroatoms. The number of rotatable bonds is 3. The van der Waals surface area contributed by atoms with Crippen LogP contribution in [0, 0.1) is 0 Å². The van der Waals surface area contributed by atoms with Gasteiger partial charge in [-0.25, -0.2) is 14.8 Å². The van der Waals surface area contributed by atoms with Gasteiger partial charge in [-0.15, -0.1) is 0 Å². The third-order valence-corrected chi connectivity index (χ3v) is 4.90. The van der Waals surface area contributed by atoms with Crippen molar-refractivity contribution in [1.82, 2.24) is 9.97 Å². The van der Waals surface area contributed by atoms with Crippen LogP contribution in [-0.4, -0.2) is 41.4 Å². The molecule has 0 unspecified atom stereocenters. The van der Waals surface area contributed by atoms with Gasteiger partial charge in [0.15, 0.2) is 0 Å². The molecule has 3 rings (SSSR count). The molecule has 1 aliphatic rings. The maximum atomic E-state index is 12.0. The van der Waals surface area contributed by atoms with Crippen molar-refractivity contribution in [2.45, 2.75) is 38.9 Å². The van der Waals surface area contributed by atoms with E-state index in [2.05, 4.69) is 9.97 Å². The maximum Gasteiger partial charge on any atom is 0.494 e. The van der Waals surface area contributed by atoms with Gasteiger partial charge in [-0.05, 0) is 33.2 Å². The molecule has 26 heavy (non-hydrogen) atoms. The Balaban J connectivity index is 2.02. The first kappa shape index (κ1) is 18.3. The van der Waals surface area contributed by atoms with E-state index in [1.807, 2.05) is 52.0 Å². The van der Waals surface area contributed by atoms with Crippen LogP contribution >= 0.6 is 0 Å². The molecule has 1 aliphatic heterocycles. The van der Waals surface area contributed by atoms with E-state index < -0.39 is 24.3 Å². The first-order valence-corrected chi connectivity index (χ1v) is 8.31. The number of carbonyl (C=O) groups excluding carboxylic acids is 1. The molecule has 0 saturated carbocycles. The fourth-order valence-corrected chi connectivity index (χ4v) is 2.69. The lowest BCUT2D eigenvalue weighted by molar-refractivity contribution is 0.00578. The summed E-state index contributed by atoms with van der Waals surface area (Å²) in [6, 6.07) is 7.47. The minimum Gasteiger partial charge on any atom is -0.465 e. The summed E-state index contributed by atoms with van der Waals surface area (Å²) in [5.41, 5.74) is 7.01. The molecule has 1 aromatic carbocycles. The predicted octanol–water partition coefficient (Wildman–Crippen LogP) is 1.81. The molecule has 2 heterocycles. The largest absolute Gasteiger partial charge is 0.494 e. The molecule has 0 amide bonds. The molecule has 0 aliphatic carbocycles. The van der Waals surface area contributed by atoms with Crippen LogP contribution in [0.25, 0.3) is 11.3 Å². The summed E-state index contributed by atoms with van der Waals surface area (Å²) in [6.45, 7) is 7.99. The number of nitrogens with two attached hydrogens (primary N) is 1. The SMILES string of the molecule is COC(=O)c1cnc(N)nc1-c1cccc(B2OC(C)(C)C(C)(C)O2)c1. The van der Waals surface area contributed by atoms with Crippen LogP contribution in [0.2, 0.25) is 0 Å². The summed E-state index contributed by atoms with van der Waals surface area (Å²) in [4.78, 5) is 20.1. The summed E-state index contributed by atoms with van der Waals surface area (Å²) in [5.74, 6) is -0.449. The Hall–Kier alpha value is -2.45. The molecule has 0 radical (unpaired) electrons. The van der Waals surface area contributed by atoms with Crippen LogP contribution in [0.5, 0.6) is 0 Å². The third kappa shape index (κ3) is 3.18. The summed E-state index contributed by atoms with van der Waals surface area (Å²) >= 11 is 0. The number of hydrogen-bond acceptors (Lipinski definition) is 7. The highest BCUT2D eigenvalue weighted by Gasteiger charge is 2.51. The number of benzene rings is 1. The number of esters is 1. The zero-order valence-electron chi connectivity index (χ0n) is 15.6. The second-order valence-electron chi connectivity index (χ2n) is 7.20. The predicted molar refractivity (Wildman–Crippen MR) is 98.9 cm³/mol. The number of anilines is 1. The molecule has 0 bridgehead atoms. The maximum absolute atomic E-state index is 12.0. The number of methoxy groups -OCH3 is 1. The van der Waals surface area contributed by atoms with E-state index in [0.29, 0.717) is 11.3 Å². The van der Waals surface area contributed by atoms with Gasteiger partial charge in [0, 0.05) is 11.8 Å². The highest BCUT2D eigenvalue weighted by atomic mass is 16.7. The standard InChI is InChI=1S/C18H22BN3O4/c1-17(2)18(3,4)26-19(25-17)12-8-6-7-11(9-12)14-13(15(23)24-5)10-21-16(20)22-14/h6-10H,1-5H3,(H2,20,21,22). The van der Waals surface area contributed by atoms with E-state index >= 15 is 0 Å². The number of carbonyl (C=O) groups is 1. The first-order valence-electron chi connectivity index (χ1n) is 8.31. The van der Waals surface area contributed by atoms with Crippen LogP contribution in [-0.2, 0) is 14.0 Å². The zero-order chi connectivity index (χ0) is 19.1. The smallest absolute Gasteiger partial charge is 0.465 e. The number of nitrogens with zero attached hydrogens (tertiary/aromatic N) is 2. The second-order valence-corrected chi connectivity index (χ2v) is 7.20. The lowest BCUT2D eigenvalue weighted by Gasteiger charge is -2.32. The quantitative estimate of drug-likeness (QED) is 0.662. The Kier molecular flexibility index (Phi) is 4.50. The van der Waals surface area contributed by atoms with Gasteiger partial charge in [0.2, 0.25) is 5.95 Å². The van der Waals surface area contributed by atoms with Crippen LogP contribution in [0.4, 0.5) is 5.95 Å². The topological polar surface area (TPSA) is 96.6 Å². The van der Waals surface area contributed by atoms with Crippen LogP contribution in [0.1, 0.15) is 38.1 Å². The normalized spacial score (nSPS) is 18.0. The Labute approximate surface area is 153 Å². The molecule has 2 N–H and O–H groups in total. The second kappa shape index (κ2) is 6.37. The molecule has 136 valence electrons. The van der Waals surface area contributed by atoms with Crippen LogP contribution < -0.4 is 11.2 Å². The van der Waals surface area contributed by atoms with Crippen LogP contribution in [0.3, 0.4) is 0 Å². The highest BCUT2D eigenvalue weighted by molar-refractivity contribution is 6.62. The third-order valence-electron chi connectivity index (χ3n) is 4.90. The molecule has 0 atom stereocenters. The van der Waals surface area contributed by atoms with Crippen molar-refractivity contribution in [3.8, 4) is 11.3 Å². The zero-order valence-corrected chi connectivity index (χ0v) is 15.6. The van der Waals surface area contributed by atoms with Crippen molar-refractivity contribution < 1.29 is 18.8 Å². The number of ether oxygens (including phenoxy) is 1. The van der Waals surface area contributed by atoms with E-state index in [1.165, 1.54) is 13.3 Å². The van der Waals surface area contributed by atoms with E-state index in [-0.39, 0.29) is 11.5 Å².